The largest absolute Gasteiger partial charge is 0.376 e. The fraction of sp³-hybridized carbons (Fsp3) is 0.857. The number of hydrogen-bond acceptors (Lipinski definition) is 5. The summed E-state index contributed by atoms with van der Waals surface area (Å²) in [7, 11) is -3.04. The van der Waals surface area contributed by atoms with E-state index >= 15 is 0 Å². The number of hydrogen-bond donors (Lipinski definition) is 1. The number of nitrogens with zero attached hydrogens (tertiary/aromatic N) is 1. The lowest BCUT2D eigenvalue weighted by Crippen LogP contribution is -2.43. The van der Waals surface area contributed by atoms with E-state index in [4.69, 9.17) is 4.74 Å². The third kappa shape index (κ3) is 4.67. The predicted molar refractivity (Wildman–Crippen MR) is 81.0 cm³/mol. The molecule has 0 saturated carbocycles. The monoisotopic (exact) mass is 332 g/mol. The molecule has 2 amide bonds. The molecule has 2 aliphatic rings. The topological polar surface area (TPSA) is 92.8 Å². The van der Waals surface area contributed by atoms with Crippen LogP contribution in [0.25, 0.3) is 0 Å². The van der Waals surface area contributed by atoms with Crippen molar-refractivity contribution in [3.05, 3.63) is 0 Å². The Morgan fingerprint density at radius 2 is 2.09 bits per heavy atom. The Bertz CT molecular complexity index is 513. The second-order valence-corrected chi connectivity index (χ2v) is 8.08. The summed E-state index contributed by atoms with van der Waals surface area (Å²) in [4.78, 5) is 25.6. The molecule has 2 saturated heterocycles. The Kier molecular flexibility index (Phi) is 5.80. The highest BCUT2D eigenvalue weighted by Gasteiger charge is 2.34. The quantitative estimate of drug-likeness (QED) is 0.675. The van der Waals surface area contributed by atoms with Crippen LogP contribution >= 0.6 is 0 Å². The molecule has 22 heavy (non-hydrogen) atoms. The van der Waals surface area contributed by atoms with Crippen LogP contribution in [0.4, 0.5) is 0 Å². The van der Waals surface area contributed by atoms with Gasteiger partial charge < -0.3 is 15.0 Å². The van der Waals surface area contributed by atoms with Gasteiger partial charge in [-0.2, -0.15) is 0 Å². The Morgan fingerprint density at radius 3 is 2.64 bits per heavy atom. The zero-order valence-corrected chi connectivity index (χ0v) is 13.7. The molecule has 2 heterocycles. The second kappa shape index (κ2) is 7.41. The summed E-state index contributed by atoms with van der Waals surface area (Å²) in [5.74, 6) is -0.522. The fourth-order valence-electron chi connectivity index (χ4n) is 2.99. The SMILES string of the molecule is CCN(C(=O)CC(=O)NCC1CCCO1)C1CCS(=O)(=O)C1. The molecule has 0 bridgehead atoms. The Balaban J connectivity index is 1.79. The second-order valence-electron chi connectivity index (χ2n) is 5.85. The minimum Gasteiger partial charge on any atom is -0.376 e. The van der Waals surface area contributed by atoms with Gasteiger partial charge in [0.15, 0.2) is 9.84 Å². The predicted octanol–water partition coefficient (Wildman–Crippen LogP) is -0.293. The zero-order chi connectivity index (χ0) is 16.2. The summed E-state index contributed by atoms with van der Waals surface area (Å²) in [6.45, 7) is 3.36. The van der Waals surface area contributed by atoms with E-state index in [9.17, 15) is 18.0 Å². The minimum absolute atomic E-state index is 0.00408. The first-order valence-corrected chi connectivity index (χ1v) is 9.61. The molecule has 0 aromatic carbocycles. The molecule has 0 radical (unpaired) electrons. The molecule has 2 rings (SSSR count). The summed E-state index contributed by atoms with van der Waals surface area (Å²) in [6, 6.07) is -0.298. The molecule has 0 aliphatic carbocycles. The molecule has 2 aliphatic heterocycles. The number of carbonyl (C=O) groups is 2. The van der Waals surface area contributed by atoms with Gasteiger partial charge in [0.25, 0.3) is 0 Å². The van der Waals surface area contributed by atoms with Crippen molar-refractivity contribution in [3.63, 3.8) is 0 Å². The third-order valence-corrected chi connectivity index (χ3v) is 5.92. The molecule has 8 heteroatoms. The average Bonchev–Trinajstić information content (AvgIpc) is 3.07. The van der Waals surface area contributed by atoms with Gasteiger partial charge in [-0.05, 0) is 26.2 Å². The molecule has 7 nitrogen and oxygen atoms in total. The van der Waals surface area contributed by atoms with E-state index in [2.05, 4.69) is 5.32 Å². The van der Waals surface area contributed by atoms with Gasteiger partial charge in [-0.15, -0.1) is 0 Å². The van der Waals surface area contributed by atoms with Gasteiger partial charge in [-0.1, -0.05) is 0 Å². The van der Waals surface area contributed by atoms with Crippen molar-refractivity contribution in [1.82, 2.24) is 10.2 Å². The fourth-order valence-corrected chi connectivity index (χ4v) is 4.72. The summed E-state index contributed by atoms with van der Waals surface area (Å²) in [5, 5.41) is 2.71. The standard InChI is InChI=1S/C14H24N2O5S/c1-2-16(11-5-7-22(19,20)10-11)14(18)8-13(17)15-9-12-4-3-6-21-12/h11-12H,2-10H2,1H3,(H,15,17). The highest BCUT2D eigenvalue weighted by atomic mass is 32.2. The van der Waals surface area contributed by atoms with E-state index in [1.165, 1.54) is 4.90 Å². The molecule has 2 unspecified atom stereocenters. The van der Waals surface area contributed by atoms with Gasteiger partial charge in [0.05, 0.1) is 17.6 Å². The van der Waals surface area contributed by atoms with E-state index in [0.29, 0.717) is 19.5 Å². The van der Waals surface area contributed by atoms with Crippen LogP contribution in [-0.4, -0.2) is 68.5 Å². The first-order valence-electron chi connectivity index (χ1n) is 7.79. The van der Waals surface area contributed by atoms with Crippen LogP contribution in [0.1, 0.15) is 32.6 Å². The third-order valence-electron chi connectivity index (χ3n) is 4.17. The highest BCUT2D eigenvalue weighted by molar-refractivity contribution is 7.91. The van der Waals surface area contributed by atoms with Crippen molar-refractivity contribution >= 4 is 21.7 Å². The molecule has 2 fully saturated rings. The molecule has 0 aromatic rings. The van der Waals surface area contributed by atoms with E-state index in [1.807, 2.05) is 0 Å². The molecule has 0 aromatic heterocycles. The first kappa shape index (κ1) is 17.2. The Labute approximate surface area is 131 Å². The number of amides is 2. The molecule has 126 valence electrons. The molecule has 0 spiro atoms. The van der Waals surface area contributed by atoms with Crippen molar-refractivity contribution in [2.75, 3.05) is 31.2 Å². The van der Waals surface area contributed by atoms with Crippen LogP contribution in [0.5, 0.6) is 0 Å². The maximum Gasteiger partial charge on any atom is 0.232 e. The van der Waals surface area contributed by atoms with Gasteiger partial charge in [0.1, 0.15) is 6.42 Å². The summed E-state index contributed by atoms with van der Waals surface area (Å²) in [6.07, 6.45) is 2.19. The Morgan fingerprint density at radius 1 is 1.32 bits per heavy atom. The molecular weight excluding hydrogens is 308 g/mol. The lowest BCUT2D eigenvalue weighted by Gasteiger charge is -2.26. The smallest absolute Gasteiger partial charge is 0.232 e. The van der Waals surface area contributed by atoms with Crippen LogP contribution in [0.15, 0.2) is 0 Å². The van der Waals surface area contributed by atoms with Gasteiger partial charge in [0.2, 0.25) is 11.8 Å². The van der Waals surface area contributed by atoms with E-state index in [0.717, 1.165) is 19.4 Å². The van der Waals surface area contributed by atoms with E-state index in [1.54, 1.807) is 6.92 Å². The lowest BCUT2D eigenvalue weighted by molar-refractivity contribution is -0.137. The highest BCUT2D eigenvalue weighted by Crippen LogP contribution is 2.18. The lowest BCUT2D eigenvalue weighted by atomic mass is 10.2. The number of rotatable bonds is 6. The van der Waals surface area contributed by atoms with Gasteiger partial charge in [-0.25, -0.2) is 8.42 Å². The maximum atomic E-state index is 12.2. The van der Waals surface area contributed by atoms with Crippen molar-refractivity contribution in [2.24, 2.45) is 0 Å². The van der Waals surface area contributed by atoms with Gasteiger partial charge in [0, 0.05) is 25.7 Å². The molecular formula is C14H24N2O5S. The summed E-state index contributed by atoms with van der Waals surface area (Å²) in [5.41, 5.74) is 0. The average molecular weight is 332 g/mol. The van der Waals surface area contributed by atoms with Crippen LogP contribution in [0.2, 0.25) is 0 Å². The van der Waals surface area contributed by atoms with Crippen LogP contribution in [-0.2, 0) is 24.2 Å². The van der Waals surface area contributed by atoms with Crippen molar-refractivity contribution < 1.29 is 22.7 Å². The van der Waals surface area contributed by atoms with E-state index < -0.39 is 9.84 Å². The van der Waals surface area contributed by atoms with Gasteiger partial charge >= 0.3 is 0 Å². The zero-order valence-electron chi connectivity index (χ0n) is 12.9. The number of ether oxygens (including phenoxy) is 1. The summed E-state index contributed by atoms with van der Waals surface area (Å²) >= 11 is 0. The first-order chi connectivity index (χ1) is 10.4. The van der Waals surface area contributed by atoms with Gasteiger partial charge in [-0.3, -0.25) is 9.59 Å². The number of nitrogens with one attached hydrogen (secondary N) is 1. The minimum atomic E-state index is -3.04. The molecule has 2 atom stereocenters. The normalized spacial score (nSPS) is 26.8. The summed E-state index contributed by atoms with van der Waals surface area (Å²) < 4.78 is 28.5. The molecule has 1 N–H and O–H groups in total. The van der Waals surface area contributed by atoms with Crippen LogP contribution in [0.3, 0.4) is 0 Å². The van der Waals surface area contributed by atoms with E-state index in [-0.39, 0.29) is 41.9 Å². The van der Waals surface area contributed by atoms with Crippen LogP contribution in [0, 0.1) is 0 Å². The number of carbonyl (C=O) groups excluding carboxylic acids is 2. The van der Waals surface area contributed by atoms with Crippen LogP contribution < -0.4 is 5.32 Å². The Hall–Kier alpha value is -1.15. The maximum absolute atomic E-state index is 12.2. The van der Waals surface area contributed by atoms with Crippen molar-refractivity contribution in [3.8, 4) is 0 Å². The van der Waals surface area contributed by atoms with Crippen molar-refractivity contribution in [2.45, 2.75) is 44.8 Å². The number of sulfone groups is 1. The van der Waals surface area contributed by atoms with Crippen molar-refractivity contribution in [1.29, 1.82) is 0 Å².